The molecule has 1 atom stereocenters. The van der Waals surface area contributed by atoms with E-state index in [0.29, 0.717) is 0 Å². The van der Waals surface area contributed by atoms with Crippen LogP contribution in [-0.2, 0) is 6.54 Å². The van der Waals surface area contributed by atoms with Crippen molar-refractivity contribution >= 4 is 11.6 Å². The van der Waals surface area contributed by atoms with Gasteiger partial charge in [0.25, 0.3) is 0 Å². The third kappa shape index (κ3) is 3.56. The molecule has 0 heterocycles. The molecule has 18 heavy (non-hydrogen) atoms. The molecule has 0 aliphatic carbocycles. The highest BCUT2D eigenvalue weighted by Gasteiger charge is 2.05. The average Bonchev–Trinajstić information content (AvgIpc) is 2.38. The van der Waals surface area contributed by atoms with E-state index >= 15 is 0 Å². The molecule has 2 rings (SSSR count). The highest BCUT2D eigenvalue weighted by Crippen LogP contribution is 2.15. The van der Waals surface area contributed by atoms with Gasteiger partial charge >= 0.3 is 0 Å². The van der Waals surface area contributed by atoms with Crippen molar-refractivity contribution in [2.75, 3.05) is 0 Å². The summed E-state index contributed by atoms with van der Waals surface area (Å²) in [5.41, 5.74) is 2.10. The molecule has 2 aromatic rings. The Morgan fingerprint density at radius 3 is 2.56 bits per heavy atom. The minimum atomic E-state index is -0.201. The molecule has 0 aromatic heterocycles. The number of hydrogen-bond donors (Lipinski definition) is 1. The van der Waals surface area contributed by atoms with E-state index in [1.54, 1.807) is 12.1 Å². The van der Waals surface area contributed by atoms with Crippen LogP contribution < -0.4 is 5.32 Å². The summed E-state index contributed by atoms with van der Waals surface area (Å²) in [6.45, 7) is 2.75. The molecule has 0 aliphatic heterocycles. The lowest BCUT2D eigenvalue weighted by Crippen LogP contribution is -2.18. The molecule has 2 aromatic carbocycles. The monoisotopic (exact) mass is 263 g/mol. The maximum atomic E-state index is 13.1. The third-order valence-electron chi connectivity index (χ3n) is 2.87. The van der Waals surface area contributed by atoms with E-state index in [-0.39, 0.29) is 11.9 Å². The molecule has 0 radical (unpaired) electrons. The van der Waals surface area contributed by atoms with Crippen molar-refractivity contribution in [3.05, 3.63) is 70.5 Å². The number of hydrogen-bond acceptors (Lipinski definition) is 1. The number of nitrogens with one attached hydrogen (secondary N) is 1. The summed E-state index contributed by atoms with van der Waals surface area (Å²) in [5.74, 6) is -0.201. The Balaban J connectivity index is 1.96. The summed E-state index contributed by atoms with van der Waals surface area (Å²) in [4.78, 5) is 0. The number of rotatable bonds is 4. The van der Waals surface area contributed by atoms with Crippen LogP contribution in [0.2, 0.25) is 5.02 Å². The molecule has 1 nitrogen and oxygen atoms in total. The molecule has 0 aliphatic rings. The molecule has 0 saturated heterocycles. The lowest BCUT2D eigenvalue weighted by Gasteiger charge is -2.14. The second-order valence-corrected chi connectivity index (χ2v) is 4.72. The zero-order chi connectivity index (χ0) is 13.0. The molecule has 0 unspecified atom stereocenters. The van der Waals surface area contributed by atoms with Crippen molar-refractivity contribution in [2.24, 2.45) is 0 Å². The molecular formula is C15H15ClFN. The first-order chi connectivity index (χ1) is 8.65. The second-order valence-electron chi connectivity index (χ2n) is 4.28. The fourth-order valence-corrected chi connectivity index (χ4v) is 1.89. The first kappa shape index (κ1) is 13.1. The normalized spacial score (nSPS) is 12.4. The SMILES string of the molecule is C[C@@H](NCc1ccc(Cl)cc1)c1cccc(F)c1. The van der Waals surface area contributed by atoms with E-state index in [1.807, 2.05) is 37.3 Å². The van der Waals surface area contributed by atoms with Crippen LogP contribution in [0.3, 0.4) is 0 Å². The van der Waals surface area contributed by atoms with Gasteiger partial charge in [0.15, 0.2) is 0 Å². The van der Waals surface area contributed by atoms with Gasteiger partial charge in [-0.2, -0.15) is 0 Å². The maximum absolute atomic E-state index is 13.1. The summed E-state index contributed by atoms with van der Waals surface area (Å²) < 4.78 is 13.1. The molecule has 0 spiro atoms. The first-order valence-electron chi connectivity index (χ1n) is 5.88. The van der Waals surface area contributed by atoms with Crippen LogP contribution in [0, 0.1) is 5.82 Å². The van der Waals surface area contributed by atoms with E-state index in [1.165, 1.54) is 6.07 Å². The smallest absolute Gasteiger partial charge is 0.123 e. The highest BCUT2D eigenvalue weighted by atomic mass is 35.5. The Morgan fingerprint density at radius 1 is 1.17 bits per heavy atom. The van der Waals surface area contributed by atoms with Gasteiger partial charge in [-0.05, 0) is 42.3 Å². The van der Waals surface area contributed by atoms with E-state index in [9.17, 15) is 4.39 Å². The summed E-state index contributed by atoms with van der Waals surface area (Å²) in [5, 5.41) is 4.09. The van der Waals surface area contributed by atoms with E-state index < -0.39 is 0 Å². The zero-order valence-corrected chi connectivity index (χ0v) is 10.9. The predicted octanol–water partition coefficient (Wildman–Crippen LogP) is 4.33. The van der Waals surface area contributed by atoms with Gasteiger partial charge < -0.3 is 5.32 Å². The Hall–Kier alpha value is -1.38. The summed E-state index contributed by atoms with van der Waals surface area (Å²) >= 11 is 5.83. The van der Waals surface area contributed by atoms with Crippen LogP contribution in [0.25, 0.3) is 0 Å². The van der Waals surface area contributed by atoms with Crippen molar-refractivity contribution in [1.82, 2.24) is 5.32 Å². The lowest BCUT2D eigenvalue weighted by atomic mass is 10.1. The molecule has 3 heteroatoms. The van der Waals surface area contributed by atoms with Gasteiger partial charge in [-0.15, -0.1) is 0 Å². The minimum Gasteiger partial charge on any atom is -0.306 e. The molecular weight excluding hydrogens is 249 g/mol. The Labute approximate surface area is 112 Å². The van der Waals surface area contributed by atoms with Crippen LogP contribution in [0.1, 0.15) is 24.1 Å². The standard InChI is InChI=1S/C15H15ClFN/c1-11(13-3-2-4-15(17)9-13)18-10-12-5-7-14(16)8-6-12/h2-9,11,18H,10H2,1H3/t11-/m1/s1. The summed E-state index contributed by atoms with van der Waals surface area (Å²) in [6.07, 6.45) is 0. The van der Waals surface area contributed by atoms with Gasteiger partial charge in [0.1, 0.15) is 5.82 Å². The fourth-order valence-electron chi connectivity index (χ4n) is 1.77. The van der Waals surface area contributed by atoms with Gasteiger partial charge in [0.2, 0.25) is 0 Å². The molecule has 0 fully saturated rings. The molecule has 94 valence electrons. The Bertz CT molecular complexity index is 510. The minimum absolute atomic E-state index is 0.108. The van der Waals surface area contributed by atoms with Gasteiger partial charge in [0, 0.05) is 17.6 Å². The topological polar surface area (TPSA) is 12.0 Å². The van der Waals surface area contributed by atoms with Crippen molar-refractivity contribution in [2.45, 2.75) is 19.5 Å². The van der Waals surface area contributed by atoms with Crippen molar-refractivity contribution in [1.29, 1.82) is 0 Å². The van der Waals surface area contributed by atoms with Gasteiger partial charge in [-0.1, -0.05) is 35.9 Å². The summed E-state index contributed by atoms with van der Waals surface area (Å²) in [7, 11) is 0. The van der Waals surface area contributed by atoms with E-state index in [4.69, 9.17) is 11.6 Å². The third-order valence-corrected chi connectivity index (χ3v) is 3.13. The highest BCUT2D eigenvalue weighted by molar-refractivity contribution is 6.30. The number of benzene rings is 2. The van der Waals surface area contributed by atoms with Gasteiger partial charge in [-0.25, -0.2) is 4.39 Å². The second kappa shape index (κ2) is 5.98. The first-order valence-corrected chi connectivity index (χ1v) is 6.26. The van der Waals surface area contributed by atoms with Crippen molar-refractivity contribution in [3.63, 3.8) is 0 Å². The van der Waals surface area contributed by atoms with Crippen LogP contribution in [-0.4, -0.2) is 0 Å². The van der Waals surface area contributed by atoms with Gasteiger partial charge in [-0.3, -0.25) is 0 Å². The number of halogens is 2. The Morgan fingerprint density at radius 2 is 1.89 bits per heavy atom. The van der Waals surface area contributed by atoms with E-state index in [0.717, 1.165) is 22.7 Å². The molecule has 0 bridgehead atoms. The largest absolute Gasteiger partial charge is 0.306 e. The average molecular weight is 264 g/mol. The van der Waals surface area contributed by atoms with E-state index in [2.05, 4.69) is 5.32 Å². The maximum Gasteiger partial charge on any atom is 0.123 e. The van der Waals surface area contributed by atoms with Crippen LogP contribution >= 0.6 is 11.6 Å². The van der Waals surface area contributed by atoms with Gasteiger partial charge in [0.05, 0.1) is 0 Å². The predicted molar refractivity (Wildman–Crippen MR) is 73.1 cm³/mol. The lowest BCUT2D eigenvalue weighted by molar-refractivity contribution is 0.565. The van der Waals surface area contributed by atoms with Crippen LogP contribution in [0.4, 0.5) is 4.39 Å². The molecule has 0 amide bonds. The van der Waals surface area contributed by atoms with Crippen LogP contribution in [0.15, 0.2) is 48.5 Å². The Kier molecular flexibility index (Phi) is 4.34. The zero-order valence-electron chi connectivity index (χ0n) is 10.2. The molecule has 0 saturated carbocycles. The quantitative estimate of drug-likeness (QED) is 0.866. The molecule has 1 N–H and O–H groups in total. The van der Waals surface area contributed by atoms with Crippen LogP contribution in [0.5, 0.6) is 0 Å². The summed E-state index contributed by atoms with van der Waals surface area (Å²) in [6, 6.07) is 14.5. The van der Waals surface area contributed by atoms with Crippen molar-refractivity contribution in [3.8, 4) is 0 Å². The fraction of sp³-hybridized carbons (Fsp3) is 0.200. The van der Waals surface area contributed by atoms with Crippen molar-refractivity contribution < 1.29 is 4.39 Å².